The molecule has 0 aromatic heterocycles. The van der Waals surface area contributed by atoms with E-state index in [1.54, 1.807) is 0 Å². The topological polar surface area (TPSA) is 39.1 Å². The zero-order chi connectivity index (χ0) is 18.1. The molecular weight excluding hydrogens is 338 g/mol. The lowest BCUT2D eigenvalue weighted by atomic mass is 9.91. The fourth-order valence-corrected chi connectivity index (χ4v) is 4.30. The predicted octanol–water partition coefficient (Wildman–Crippen LogP) is 4.41. The first kappa shape index (κ1) is 16.8. The van der Waals surface area contributed by atoms with Crippen LogP contribution in [0.1, 0.15) is 47.2 Å². The molecule has 26 heavy (non-hydrogen) atoms. The summed E-state index contributed by atoms with van der Waals surface area (Å²) < 4.78 is 0. The van der Waals surface area contributed by atoms with Crippen LogP contribution in [-0.2, 0) is 12.8 Å². The van der Waals surface area contributed by atoms with Gasteiger partial charge in [0.05, 0.1) is 22.7 Å². The summed E-state index contributed by atoms with van der Waals surface area (Å²) in [6, 6.07) is 14.8. The Balaban J connectivity index is 1.80. The molecule has 0 saturated heterocycles. The van der Waals surface area contributed by atoms with Crippen LogP contribution in [0.4, 0.5) is 5.69 Å². The van der Waals surface area contributed by atoms with Gasteiger partial charge in [-0.15, -0.1) is 0 Å². The van der Waals surface area contributed by atoms with E-state index >= 15 is 0 Å². The van der Waals surface area contributed by atoms with Crippen LogP contribution in [0.15, 0.2) is 48.7 Å². The molecule has 1 N–H and O–H groups in total. The summed E-state index contributed by atoms with van der Waals surface area (Å²) in [7, 11) is 0. The summed E-state index contributed by atoms with van der Waals surface area (Å²) in [6.07, 6.45) is 7.00. The van der Waals surface area contributed by atoms with Crippen molar-refractivity contribution in [1.29, 1.82) is 5.26 Å². The molecule has 2 aliphatic rings. The Labute approximate surface area is 159 Å². The van der Waals surface area contributed by atoms with Crippen LogP contribution in [0.5, 0.6) is 0 Å². The highest BCUT2D eigenvalue weighted by atomic mass is 32.1. The fraction of sp³-hybridized carbons (Fsp3) is 0.273. The number of nitrogens with one attached hydrogen (secondary N) is 1. The van der Waals surface area contributed by atoms with Crippen molar-refractivity contribution in [3.8, 4) is 6.07 Å². The van der Waals surface area contributed by atoms with Crippen LogP contribution in [0.25, 0.3) is 0 Å². The molecule has 0 radical (unpaired) electrons. The molecule has 1 unspecified atom stereocenters. The number of aryl methyl sites for hydroxylation is 1. The molecule has 2 heterocycles. The summed E-state index contributed by atoms with van der Waals surface area (Å²) in [5.41, 5.74) is 7.18. The minimum Gasteiger partial charge on any atom is -0.380 e. The Bertz CT molecular complexity index is 939. The Morgan fingerprint density at radius 1 is 1.15 bits per heavy atom. The maximum Gasteiger partial charge on any atom is 0.0991 e. The lowest BCUT2D eigenvalue weighted by Gasteiger charge is -2.29. The Kier molecular flexibility index (Phi) is 4.48. The minimum absolute atomic E-state index is 0.0315. The van der Waals surface area contributed by atoms with Crippen molar-refractivity contribution in [2.24, 2.45) is 0 Å². The maximum atomic E-state index is 9.26. The zero-order valence-corrected chi connectivity index (χ0v) is 15.6. The van der Waals surface area contributed by atoms with Crippen molar-refractivity contribution in [3.63, 3.8) is 0 Å². The highest BCUT2D eigenvalue weighted by Gasteiger charge is 2.30. The molecule has 0 aliphatic carbocycles. The molecule has 0 spiro atoms. The first-order chi connectivity index (χ1) is 12.7. The number of rotatable bonds is 4. The Morgan fingerprint density at radius 2 is 1.96 bits per heavy atom. The van der Waals surface area contributed by atoms with E-state index in [-0.39, 0.29) is 6.04 Å². The van der Waals surface area contributed by atoms with Crippen molar-refractivity contribution in [3.05, 3.63) is 76.5 Å². The van der Waals surface area contributed by atoms with Crippen molar-refractivity contribution in [2.45, 2.75) is 32.2 Å². The van der Waals surface area contributed by atoms with Crippen molar-refractivity contribution in [1.82, 2.24) is 5.32 Å². The van der Waals surface area contributed by atoms with Gasteiger partial charge in [-0.2, -0.15) is 5.26 Å². The lowest BCUT2D eigenvalue weighted by Crippen LogP contribution is -2.31. The van der Waals surface area contributed by atoms with Gasteiger partial charge in [0.25, 0.3) is 0 Å². The van der Waals surface area contributed by atoms with Crippen LogP contribution < -0.4 is 10.2 Å². The smallest absolute Gasteiger partial charge is 0.0991 e. The molecule has 130 valence electrons. The number of hydrogen-bond donors (Lipinski definition) is 1. The number of benzene rings is 2. The van der Waals surface area contributed by atoms with E-state index in [9.17, 15) is 5.26 Å². The van der Waals surface area contributed by atoms with Gasteiger partial charge in [-0.25, -0.2) is 0 Å². The summed E-state index contributed by atoms with van der Waals surface area (Å²) in [6.45, 7) is 3.00. The quantitative estimate of drug-likeness (QED) is 0.821. The van der Waals surface area contributed by atoms with Gasteiger partial charge >= 0.3 is 0 Å². The first-order valence-electron chi connectivity index (χ1n) is 9.04. The molecular formula is C22H21N3S. The molecule has 2 aromatic carbocycles. The second-order valence-corrected chi connectivity index (χ2v) is 7.29. The van der Waals surface area contributed by atoms with Crippen molar-refractivity contribution < 1.29 is 0 Å². The van der Waals surface area contributed by atoms with Gasteiger partial charge in [0.15, 0.2) is 0 Å². The predicted molar refractivity (Wildman–Crippen MR) is 109 cm³/mol. The number of hydrogen-bond acceptors (Lipinski definition) is 3. The Hall–Kier alpha value is -2.64. The Morgan fingerprint density at radius 3 is 2.73 bits per heavy atom. The second kappa shape index (κ2) is 6.93. The number of allylic oxidation sites excluding steroid dienone is 1. The monoisotopic (exact) mass is 359 g/mol. The molecule has 1 atom stereocenters. The average molecular weight is 359 g/mol. The van der Waals surface area contributed by atoms with Crippen LogP contribution >= 0.6 is 12.2 Å². The van der Waals surface area contributed by atoms with Crippen LogP contribution in [0.3, 0.4) is 0 Å². The fourth-order valence-electron chi connectivity index (χ4n) is 4.02. The highest BCUT2D eigenvalue weighted by Crippen LogP contribution is 2.39. The molecule has 0 bridgehead atoms. The van der Waals surface area contributed by atoms with Gasteiger partial charge < -0.3 is 10.2 Å². The second-order valence-electron chi connectivity index (χ2n) is 6.82. The number of nitriles is 1. The molecule has 0 fully saturated rings. The van der Waals surface area contributed by atoms with E-state index in [4.69, 9.17) is 12.2 Å². The van der Waals surface area contributed by atoms with Gasteiger partial charge in [0.1, 0.15) is 0 Å². The van der Waals surface area contributed by atoms with E-state index in [1.165, 1.54) is 22.4 Å². The van der Waals surface area contributed by atoms with Crippen molar-refractivity contribution in [2.75, 3.05) is 11.4 Å². The summed E-state index contributed by atoms with van der Waals surface area (Å²) in [5, 5.41) is 12.8. The van der Waals surface area contributed by atoms with Crippen LogP contribution in [0, 0.1) is 11.3 Å². The zero-order valence-electron chi connectivity index (χ0n) is 14.8. The third-order valence-electron chi connectivity index (χ3n) is 5.19. The van der Waals surface area contributed by atoms with Gasteiger partial charge in [-0.05, 0) is 60.4 Å². The highest BCUT2D eigenvalue weighted by molar-refractivity contribution is 7.80. The maximum absolute atomic E-state index is 9.26. The van der Waals surface area contributed by atoms with E-state index in [0.29, 0.717) is 5.56 Å². The summed E-state index contributed by atoms with van der Waals surface area (Å²) in [5.74, 6) is 0. The molecule has 0 saturated carbocycles. The minimum atomic E-state index is 0.0315. The molecule has 4 rings (SSSR count). The van der Waals surface area contributed by atoms with Gasteiger partial charge in [-0.3, -0.25) is 0 Å². The third kappa shape index (κ3) is 2.89. The molecule has 3 nitrogen and oxygen atoms in total. The number of anilines is 1. The largest absolute Gasteiger partial charge is 0.380 e. The summed E-state index contributed by atoms with van der Waals surface area (Å²) in [4.78, 5) is 3.40. The van der Waals surface area contributed by atoms with E-state index in [1.807, 2.05) is 37.4 Å². The van der Waals surface area contributed by atoms with E-state index in [0.717, 1.165) is 36.4 Å². The summed E-state index contributed by atoms with van der Waals surface area (Å²) >= 11 is 5.56. The van der Waals surface area contributed by atoms with Gasteiger partial charge in [0, 0.05) is 18.7 Å². The number of nitrogens with zero attached hydrogens (tertiary/aromatic N) is 2. The van der Waals surface area contributed by atoms with E-state index in [2.05, 4.69) is 34.5 Å². The van der Waals surface area contributed by atoms with Crippen LogP contribution in [0.2, 0.25) is 0 Å². The van der Waals surface area contributed by atoms with Crippen LogP contribution in [-0.4, -0.2) is 11.5 Å². The lowest BCUT2D eigenvalue weighted by molar-refractivity contribution is 0.725. The van der Waals surface area contributed by atoms with Crippen molar-refractivity contribution >= 4 is 22.9 Å². The van der Waals surface area contributed by atoms with Gasteiger partial charge in [-0.1, -0.05) is 42.6 Å². The molecule has 0 amide bonds. The van der Waals surface area contributed by atoms with E-state index < -0.39 is 0 Å². The standard InChI is InChI=1S/C22H21N3S/c1-2-9-24-21(16-5-3-4-15(11-16)14-23)19-12-17-6-7-20(26)25-10-8-18(13-19)22(17)25/h2-5,9,11-13,21,24H,6-8,10H2,1H3/b9-2-. The SMILES string of the molecule is C/C=C\NC(c1cccc(C#N)c1)c1cc2c3c(c1)CCN3C(=S)CC2. The molecule has 2 aliphatic heterocycles. The average Bonchev–Trinajstić information content (AvgIpc) is 3.11. The third-order valence-corrected chi connectivity index (χ3v) is 5.61. The normalized spacial score (nSPS) is 16.5. The van der Waals surface area contributed by atoms with Gasteiger partial charge in [0.2, 0.25) is 0 Å². The molecule has 2 aromatic rings. The molecule has 4 heteroatoms. The first-order valence-corrected chi connectivity index (χ1v) is 9.45. The number of thiocarbonyl (C=S) groups is 1.